The van der Waals surface area contributed by atoms with Gasteiger partial charge >= 0.3 is 6.18 Å². The zero-order valence-electron chi connectivity index (χ0n) is 13.7. The Kier molecular flexibility index (Phi) is 5.11. The lowest BCUT2D eigenvalue weighted by Crippen LogP contribution is -2.47. The number of hydrazone groups is 1. The van der Waals surface area contributed by atoms with Crippen molar-refractivity contribution in [3.05, 3.63) is 65.7 Å². The Labute approximate surface area is 148 Å². The van der Waals surface area contributed by atoms with Crippen molar-refractivity contribution >= 4 is 11.7 Å². The van der Waals surface area contributed by atoms with Gasteiger partial charge in [0, 0.05) is 5.56 Å². The minimum Gasteiger partial charge on any atom is -0.489 e. The van der Waals surface area contributed by atoms with E-state index < -0.39 is 18.6 Å². The van der Waals surface area contributed by atoms with Crippen LogP contribution in [0.2, 0.25) is 0 Å². The van der Waals surface area contributed by atoms with Gasteiger partial charge in [0.15, 0.2) is 5.84 Å². The fourth-order valence-electron chi connectivity index (χ4n) is 2.39. The molecule has 1 N–H and O–H groups in total. The van der Waals surface area contributed by atoms with E-state index in [2.05, 4.69) is 10.4 Å². The predicted octanol–water partition coefficient (Wildman–Crippen LogP) is 2.92. The first-order valence-corrected chi connectivity index (χ1v) is 7.87. The number of amides is 1. The third-order valence-corrected chi connectivity index (χ3v) is 3.60. The topological polar surface area (TPSA) is 53.9 Å². The molecular formula is C18H16F3N3O2. The third kappa shape index (κ3) is 4.75. The van der Waals surface area contributed by atoms with Gasteiger partial charge in [-0.2, -0.15) is 18.3 Å². The van der Waals surface area contributed by atoms with Gasteiger partial charge in [-0.1, -0.05) is 42.5 Å². The van der Waals surface area contributed by atoms with Gasteiger partial charge < -0.3 is 10.1 Å². The van der Waals surface area contributed by atoms with E-state index in [1.165, 1.54) is 0 Å². The van der Waals surface area contributed by atoms with Crippen LogP contribution >= 0.6 is 0 Å². The Morgan fingerprint density at radius 2 is 1.88 bits per heavy atom. The number of amidine groups is 1. The zero-order chi connectivity index (χ0) is 18.6. The predicted molar refractivity (Wildman–Crippen MR) is 89.5 cm³/mol. The third-order valence-electron chi connectivity index (χ3n) is 3.60. The van der Waals surface area contributed by atoms with Crippen molar-refractivity contribution in [1.82, 2.24) is 10.3 Å². The number of benzene rings is 2. The maximum absolute atomic E-state index is 12.6. The first kappa shape index (κ1) is 17.8. The van der Waals surface area contributed by atoms with Crippen molar-refractivity contribution in [3.63, 3.8) is 0 Å². The number of ether oxygens (including phenoxy) is 1. The monoisotopic (exact) mass is 363 g/mol. The van der Waals surface area contributed by atoms with Crippen molar-refractivity contribution < 1.29 is 22.7 Å². The molecule has 2 aromatic rings. The van der Waals surface area contributed by atoms with Crippen LogP contribution in [-0.2, 0) is 11.4 Å². The molecule has 0 radical (unpaired) electrons. The number of hydrogen-bond acceptors (Lipinski definition) is 4. The molecule has 0 unspecified atom stereocenters. The fourth-order valence-corrected chi connectivity index (χ4v) is 2.39. The summed E-state index contributed by atoms with van der Waals surface area (Å²) in [4.78, 5) is 11.6. The summed E-state index contributed by atoms with van der Waals surface area (Å²) in [5.74, 6) is 0.0108. The number of rotatable bonds is 5. The molecule has 3 rings (SSSR count). The second-order valence-electron chi connectivity index (χ2n) is 5.67. The van der Waals surface area contributed by atoms with Crippen LogP contribution < -0.4 is 10.1 Å². The molecule has 1 amide bonds. The Bertz CT molecular complexity index is 807. The molecule has 1 aliphatic rings. The minimum atomic E-state index is -4.51. The summed E-state index contributed by atoms with van der Waals surface area (Å²) in [5, 5.41) is 6.96. The molecule has 0 atom stereocenters. The van der Waals surface area contributed by atoms with Crippen LogP contribution in [0.4, 0.5) is 13.2 Å². The van der Waals surface area contributed by atoms with E-state index in [0.29, 0.717) is 22.9 Å². The summed E-state index contributed by atoms with van der Waals surface area (Å²) < 4.78 is 43.4. The van der Waals surface area contributed by atoms with E-state index in [0.717, 1.165) is 5.56 Å². The molecule has 0 aromatic heterocycles. The summed E-state index contributed by atoms with van der Waals surface area (Å²) in [5.41, 5.74) is 1.53. The fraction of sp³-hybridized carbons (Fsp3) is 0.222. The van der Waals surface area contributed by atoms with Crippen LogP contribution in [0.1, 0.15) is 11.1 Å². The van der Waals surface area contributed by atoms with E-state index in [9.17, 15) is 18.0 Å². The average molecular weight is 363 g/mol. The van der Waals surface area contributed by atoms with Crippen molar-refractivity contribution in [2.45, 2.75) is 12.8 Å². The summed E-state index contributed by atoms with van der Waals surface area (Å²) in [7, 11) is 0. The van der Waals surface area contributed by atoms with Gasteiger partial charge in [0.25, 0.3) is 5.91 Å². The number of carbonyl (C=O) groups is 1. The number of carbonyl (C=O) groups excluding carboxylic acids is 1. The molecular weight excluding hydrogens is 347 g/mol. The van der Waals surface area contributed by atoms with Crippen molar-refractivity contribution in [1.29, 1.82) is 0 Å². The van der Waals surface area contributed by atoms with E-state index in [4.69, 9.17) is 4.74 Å². The molecule has 0 fully saturated rings. The number of halogens is 3. The Morgan fingerprint density at radius 3 is 2.62 bits per heavy atom. The number of hydrogen-bond donors (Lipinski definition) is 1. The smallest absolute Gasteiger partial charge is 0.408 e. The first-order valence-electron chi connectivity index (χ1n) is 7.87. The lowest BCUT2D eigenvalue weighted by molar-refractivity contribution is -0.161. The molecule has 0 aliphatic carbocycles. The van der Waals surface area contributed by atoms with Gasteiger partial charge in [-0.15, -0.1) is 0 Å². The molecule has 1 aliphatic heterocycles. The summed E-state index contributed by atoms with van der Waals surface area (Å²) in [6.45, 7) is -1.30. The molecule has 0 saturated carbocycles. The molecule has 1 heterocycles. The normalized spacial score (nSPS) is 14.7. The zero-order valence-corrected chi connectivity index (χ0v) is 13.7. The highest BCUT2D eigenvalue weighted by Gasteiger charge is 2.35. The van der Waals surface area contributed by atoms with Crippen LogP contribution in [0, 0.1) is 0 Å². The minimum absolute atomic E-state index is 0.194. The second-order valence-corrected chi connectivity index (χ2v) is 5.67. The average Bonchev–Trinajstić information content (AvgIpc) is 2.62. The van der Waals surface area contributed by atoms with E-state index in [-0.39, 0.29) is 12.4 Å². The molecule has 0 spiro atoms. The van der Waals surface area contributed by atoms with E-state index in [1.54, 1.807) is 24.3 Å². The van der Waals surface area contributed by atoms with Gasteiger partial charge in [-0.05, 0) is 17.7 Å². The van der Waals surface area contributed by atoms with Crippen molar-refractivity contribution in [3.8, 4) is 5.75 Å². The molecule has 0 bridgehead atoms. The van der Waals surface area contributed by atoms with Gasteiger partial charge in [0.2, 0.25) is 0 Å². The summed E-state index contributed by atoms with van der Waals surface area (Å²) in [6.07, 6.45) is -4.51. The van der Waals surface area contributed by atoms with Crippen LogP contribution in [0.3, 0.4) is 0 Å². The van der Waals surface area contributed by atoms with Crippen LogP contribution in [0.25, 0.3) is 0 Å². The molecule has 26 heavy (non-hydrogen) atoms. The van der Waals surface area contributed by atoms with Gasteiger partial charge in [0.05, 0.1) is 6.54 Å². The van der Waals surface area contributed by atoms with Crippen molar-refractivity contribution in [2.24, 2.45) is 5.10 Å². The SMILES string of the molecule is O=C1CNC(c2cccc(OCc3ccccc3)c2)=NN1CC(F)(F)F. The van der Waals surface area contributed by atoms with Crippen LogP contribution in [0.15, 0.2) is 59.7 Å². The summed E-state index contributed by atoms with van der Waals surface area (Å²) >= 11 is 0. The van der Waals surface area contributed by atoms with Crippen LogP contribution in [0.5, 0.6) is 5.75 Å². The maximum atomic E-state index is 12.6. The number of nitrogens with one attached hydrogen (secondary N) is 1. The van der Waals surface area contributed by atoms with Crippen LogP contribution in [-0.4, -0.2) is 36.0 Å². The number of alkyl halides is 3. The standard InChI is InChI=1S/C18H16F3N3O2/c19-18(20,21)12-24-16(25)10-22-17(23-24)14-7-4-8-15(9-14)26-11-13-5-2-1-3-6-13/h1-9H,10-12H2,(H,22,23). The largest absolute Gasteiger partial charge is 0.489 e. The quantitative estimate of drug-likeness (QED) is 0.889. The lowest BCUT2D eigenvalue weighted by atomic mass is 10.2. The Balaban J connectivity index is 1.74. The second kappa shape index (κ2) is 7.47. The molecule has 136 valence electrons. The highest BCUT2D eigenvalue weighted by atomic mass is 19.4. The summed E-state index contributed by atoms with van der Waals surface area (Å²) in [6, 6.07) is 16.4. The Morgan fingerprint density at radius 1 is 1.12 bits per heavy atom. The number of nitrogens with zero attached hydrogens (tertiary/aromatic N) is 2. The van der Waals surface area contributed by atoms with Gasteiger partial charge in [-0.25, -0.2) is 5.01 Å². The van der Waals surface area contributed by atoms with Crippen molar-refractivity contribution in [2.75, 3.05) is 13.1 Å². The Hall–Kier alpha value is -3.03. The molecule has 5 nitrogen and oxygen atoms in total. The highest BCUT2D eigenvalue weighted by molar-refractivity contribution is 6.03. The first-order chi connectivity index (χ1) is 12.4. The lowest BCUT2D eigenvalue weighted by Gasteiger charge is -2.25. The van der Waals surface area contributed by atoms with Gasteiger partial charge in [0.1, 0.15) is 18.9 Å². The molecule has 2 aromatic carbocycles. The molecule has 8 heteroatoms. The maximum Gasteiger partial charge on any atom is 0.408 e. The van der Waals surface area contributed by atoms with Gasteiger partial charge in [-0.3, -0.25) is 4.79 Å². The van der Waals surface area contributed by atoms with E-state index >= 15 is 0 Å². The highest BCUT2D eigenvalue weighted by Crippen LogP contribution is 2.20. The molecule has 0 saturated heterocycles. The van der Waals surface area contributed by atoms with E-state index in [1.807, 2.05) is 30.3 Å².